The van der Waals surface area contributed by atoms with Crippen LogP contribution in [0.15, 0.2) is 24.3 Å². The van der Waals surface area contributed by atoms with Gasteiger partial charge in [0.1, 0.15) is 11.0 Å². The maximum atomic E-state index is 12.0. The lowest BCUT2D eigenvalue weighted by Gasteiger charge is -2.13. The van der Waals surface area contributed by atoms with E-state index in [4.69, 9.17) is 9.47 Å². The van der Waals surface area contributed by atoms with E-state index in [1.54, 1.807) is 19.1 Å². The number of amides is 1. The molecule has 0 saturated carbocycles. The number of benzene rings is 1. The van der Waals surface area contributed by atoms with E-state index in [1.165, 1.54) is 11.8 Å². The average Bonchev–Trinajstić information content (AvgIpc) is 2.52. The van der Waals surface area contributed by atoms with E-state index < -0.39 is 0 Å². The highest BCUT2D eigenvalue weighted by atomic mass is 32.2. The quantitative estimate of drug-likeness (QED) is 0.699. The summed E-state index contributed by atoms with van der Waals surface area (Å²) in [4.78, 5) is 23.8. The number of nitrogens with one attached hydrogen (secondary N) is 1. The van der Waals surface area contributed by atoms with Crippen molar-refractivity contribution in [3.8, 4) is 5.75 Å². The number of hydrogen-bond acceptors (Lipinski definition) is 5. The maximum absolute atomic E-state index is 12.0. The van der Waals surface area contributed by atoms with Crippen LogP contribution in [0.3, 0.4) is 0 Å². The number of para-hydroxylation sites is 2. The summed E-state index contributed by atoms with van der Waals surface area (Å²) in [6, 6.07) is 7.27. The van der Waals surface area contributed by atoms with Crippen LogP contribution in [-0.4, -0.2) is 36.1 Å². The molecule has 128 valence electrons. The van der Waals surface area contributed by atoms with Crippen LogP contribution in [-0.2, 0) is 14.3 Å². The lowest BCUT2D eigenvalue weighted by atomic mass is 10.2. The zero-order chi connectivity index (χ0) is 17.2. The van der Waals surface area contributed by atoms with Gasteiger partial charge in [0.25, 0.3) is 0 Å². The van der Waals surface area contributed by atoms with E-state index in [9.17, 15) is 9.59 Å². The third kappa shape index (κ3) is 7.41. The molecule has 1 unspecified atom stereocenters. The molecule has 0 heterocycles. The van der Waals surface area contributed by atoms with Crippen molar-refractivity contribution in [3.63, 3.8) is 0 Å². The van der Waals surface area contributed by atoms with Crippen molar-refractivity contribution in [2.45, 2.75) is 32.9 Å². The van der Waals surface area contributed by atoms with E-state index >= 15 is 0 Å². The third-order valence-corrected chi connectivity index (χ3v) is 3.94. The maximum Gasteiger partial charge on any atom is 0.318 e. The number of rotatable bonds is 9. The number of carbonyl (C=O) groups excluding carboxylic acids is 2. The summed E-state index contributed by atoms with van der Waals surface area (Å²) in [6.07, 6.45) is 0. The van der Waals surface area contributed by atoms with Gasteiger partial charge in [-0.3, -0.25) is 9.59 Å². The van der Waals surface area contributed by atoms with Gasteiger partial charge in [-0.05, 0) is 31.9 Å². The molecule has 1 rings (SSSR count). The number of carbonyl (C=O) groups is 2. The topological polar surface area (TPSA) is 64.6 Å². The molecule has 0 aliphatic carbocycles. The molecule has 1 aromatic carbocycles. The summed E-state index contributed by atoms with van der Waals surface area (Å²) in [7, 11) is 0. The Morgan fingerprint density at radius 3 is 2.57 bits per heavy atom. The fraction of sp³-hybridized carbons (Fsp3) is 0.529. The minimum Gasteiger partial charge on any atom is -0.492 e. The van der Waals surface area contributed by atoms with Crippen molar-refractivity contribution in [1.29, 1.82) is 0 Å². The molecular weight excluding hydrogens is 314 g/mol. The largest absolute Gasteiger partial charge is 0.492 e. The molecule has 1 N–H and O–H groups in total. The Balaban J connectivity index is 2.44. The molecular formula is C17H25NO4S. The second-order valence-electron chi connectivity index (χ2n) is 5.45. The average molecular weight is 339 g/mol. The van der Waals surface area contributed by atoms with Gasteiger partial charge in [0.05, 0.1) is 24.7 Å². The molecule has 1 amide bonds. The number of ether oxygens (including phenoxy) is 2. The summed E-state index contributed by atoms with van der Waals surface area (Å²) in [6.45, 7) is 8.52. The van der Waals surface area contributed by atoms with Crippen molar-refractivity contribution in [2.24, 2.45) is 5.92 Å². The molecule has 0 radical (unpaired) electrons. The van der Waals surface area contributed by atoms with Gasteiger partial charge in [-0.25, -0.2) is 0 Å². The molecule has 0 aromatic heterocycles. The van der Waals surface area contributed by atoms with Crippen molar-refractivity contribution in [1.82, 2.24) is 0 Å². The first-order valence-electron chi connectivity index (χ1n) is 7.74. The summed E-state index contributed by atoms with van der Waals surface area (Å²) >= 11 is 1.26. The first-order valence-corrected chi connectivity index (χ1v) is 8.78. The van der Waals surface area contributed by atoms with Crippen molar-refractivity contribution in [2.75, 3.05) is 24.3 Å². The van der Waals surface area contributed by atoms with E-state index in [1.807, 2.05) is 32.9 Å². The molecule has 0 aliphatic heterocycles. The van der Waals surface area contributed by atoms with E-state index in [0.717, 1.165) is 0 Å². The van der Waals surface area contributed by atoms with E-state index in [0.29, 0.717) is 30.6 Å². The van der Waals surface area contributed by atoms with Gasteiger partial charge < -0.3 is 14.8 Å². The normalized spacial score (nSPS) is 11.9. The Bertz CT molecular complexity index is 519. The number of esters is 1. The molecule has 6 heteroatoms. The van der Waals surface area contributed by atoms with Gasteiger partial charge in [0.15, 0.2) is 0 Å². The van der Waals surface area contributed by atoms with Crippen LogP contribution in [0.2, 0.25) is 0 Å². The van der Waals surface area contributed by atoms with Crippen LogP contribution in [0.1, 0.15) is 27.7 Å². The first kappa shape index (κ1) is 19.4. The zero-order valence-electron chi connectivity index (χ0n) is 14.1. The number of anilines is 1. The Labute approximate surface area is 142 Å². The fourth-order valence-electron chi connectivity index (χ4n) is 1.67. The third-order valence-electron chi connectivity index (χ3n) is 2.82. The molecule has 23 heavy (non-hydrogen) atoms. The summed E-state index contributed by atoms with van der Waals surface area (Å²) in [5.74, 6) is 0.655. The Hall–Kier alpha value is -1.69. The molecule has 1 aromatic rings. The molecule has 5 nitrogen and oxygen atoms in total. The second kappa shape index (κ2) is 10.2. The minimum absolute atomic E-state index is 0.175. The van der Waals surface area contributed by atoms with Crippen LogP contribution >= 0.6 is 11.8 Å². The monoisotopic (exact) mass is 339 g/mol. The first-order chi connectivity index (χ1) is 10.9. The summed E-state index contributed by atoms with van der Waals surface area (Å²) in [5, 5.41) is 2.43. The molecule has 0 saturated heterocycles. The molecule has 0 bridgehead atoms. The highest BCUT2D eigenvalue weighted by Gasteiger charge is 2.17. The highest BCUT2D eigenvalue weighted by Crippen LogP contribution is 2.24. The molecule has 0 fully saturated rings. The van der Waals surface area contributed by atoms with Crippen molar-refractivity contribution >= 4 is 29.3 Å². The second-order valence-corrected chi connectivity index (χ2v) is 6.78. The molecule has 1 atom stereocenters. The van der Waals surface area contributed by atoms with Gasteiger partial charge >= 0.3 is 5.97 Å². The molecule has 0 aliphatic rings. The van der Waals surface area contributed by atoms with Crippen LogP contribution in [0, 0.1) is 5.92 Å². The fourth-order valence-corrected chi connectivity index (χ4v) is 2.35. The van der Waals surface area contributed by atoms with Gasteiger partial charge in [0, 0.05) is 0 Å². The number of hydrogen-bond donors (Lipinski definition) is 1. The smallest absolute Gasteiger partial charge is 0.318 e. The van der Waals surface area contributed by atoms with Crippen molar-refractivity contribution in [3.05, 3.63) is 24.3 Å². The Kier molecular flexibility index (Phi) is 8.55. The van der Waals surface area contributed by atoms with Gasteiger partial charge in [-0.15, -0.1) is 11.8 Å². The predicted molar refractivity (Wildman–Crippen MR) is 94.0 cm³/mol. The van der Waals surface area contributed by atoms with E-state index in [2.05, 4.69) is 5.32 Å². The lowest BCUT2D eigenvalue weighted by molar-refractivity contribution is -0.143. The van der Waals surface area contributed by atoms with Crippen LogP contribution in [0.4, 0.5) is 5.69 Å². The Morgan fingerprint density at radius 2 is 1.91 bits per heavy atom. The van der Waals surface area contributed by atoms with E-state index in [-0.39, 0.29) is 22.9 Å². The summed E-state index contributed by atoms with van der Waals surface area (Å²) in [5.41, 5.74) is 0.634. The summed E-state index contributed by atoms with van der Waals surface area (Å²) < 4.78 is 10.6. The minimum atomic E-state index is -0.373. The zero-order valence-corrected chi connectivity index (χ0v) is 14.9. The van der Waals surface area contributed by atoms with Gasteiger partial charge in [-0.1, -0.05) is 26.0 Å². The Morgan fingerprint density at radius 1 is 1.22 bits per heavy atom. The lowest BCUT2D eigenvalue weighted by Crippen LogP contribution is -2.22. The standard InChI is InChI=1S/C17H25NO4S/c1-5-21-15-9-7-6-8-14(15)18-16(19)11-23-13(4)17(20)22-10-12(2)3/h6-9,12-13H,5,10-11H2,1-4H3,(H,18,19). The van der Waals surface area contributed by atoms with Crippen LogP contribution < -0.4 is 10.1 Å². The highest BCUT2D eigenvalue weighted by molar-refractivity contribution is 8.01. The predicted octanol–water partition coefficient (Wildman–Crippen LogP) is 3.34. The molecule has 0 spiro atoms. The SMILES string of the molecule is CCOc1ccccc1NC(=O)CSC(C)C(=O)OCC(C)C. The van der Waals surface area contributed by atoms with Crippen molar-refractivity contribution < 1.29 is 19.1 Å². The van der Waals surface area contributed by atoms with Crippen LogP contribution in [0.25, 0.3) is 0 Å². The van der Waals surface area contributed by atoms with Crippen LogP contribution in [0.5, 0.6) is 5.75 Å². The van der Waals surface area contributed by atoms with Gasteiger partial charge in [-0.2, -0.15) is 0 Å². The number of thioether (sulfide) groups is 1. The van der Waals surface area contributed by atoms with Gasteiger partial charge in [0.2, 0.25) is 5.91 Å².